The van der Waals surface area contributed by atoms with E-state index in [0.29, 0.717) is 17.3 Å². The van der Waals surface area contributed by atoms with Crippen molar-refractivity contribution in [3.8, 4) is 0 Å². The molecule has 148 valence electrons. The number of nitrogens with zero attached hydrogens (tertiary/aromatic N) is 5. The molecule has 1 aromatic carbocycles. The molecule has 0 saturated carbocycles. The fourth-order valence-electron chi connectivity index (χ4n) is 3.15. The van der Waals surface area contributed by atoms with Crippen LogP contribution in [0.5, 0.6) is 0 Å². The minimum absolute atomic E-state index is 0.339. The van der Waals surface area contributed by atoms with Gasteiger partial charge in [0, 0.05) is 30.4 Å². The Kier molecular flexibility index (Phi) is 6.05. The van der Waals surface area contributed by atoms with E-state index >= 15 is 0 Å². The quantitative estimate of drug-likeness (QED) is 0.731. The third kappa shape index (κ3) is 4.74. The van der Waals surface area contributed by atoms with Gasteiger partial charge in [-0.3, -0.25) is 9.59 Å². The van der Waals surface area contributed by atoms with Crippen LogP contribution >= 0.6 is 0 Å². The summed E-state index contributed by atoms with van der Waals surface area (Å²) < 4.78 is 0. The van der Waals surface area contributed by atoms with Gasteiger partial charge in [0.15, 0.2) is 5.82 Å². The van der Waals surface area contributed by atoms with Gasteiger partial charge in [0.1, 0.15) is 0 Å². The number of amides is 2. The van der Waals surface area contributed by atoms with Crippen LogP contribution in [0.3, 0.4) is 0 Å². The van der Waals surface area contributed by atoms with E-state index in [0.717, 1.165) is 31.7 Å². The summed E-state index contributed by atoms with van der Waals surface area (Å²) in [6, 6.07) is 7.19. The van der Waals surface area contributed by atoms with E-state index in [1.165, 1.54) is 11.0 Å². The second kappa shape index (κ2) is 8.66. The standard InChI is InChI=1S/C19H25N7O2/c1-4-18(27)21-15-7-5-6-14(12-15)19(28)23-26-20-13-17(22-26)25-10-8-16(9-11-25)24(2)3/h4-7,12-13,16H,1,8-11H2,2-3H3,(H,21,27)(H,23,28). The third-order valence-corrected chi connectivity index (χ3v) is 4.78. The van der Waals surface area contributed by atoms with Crippen molar-refractivity contribution in [2.45, 2.75) is 18.9 Å². The molecule has 0 aliphatic carbocycles. The second-order valence-corrected chi connectivity index (χ2v) is 6.89. The van der Waals surface area contributed by atoms with Gasteiger partial charge in [-0.25, -0.2) is 5.43 Å². The first kappa shape index (κ1) is 19.6. The van der Waals surface area contributed by atoms with Gasteiger partial charge in [0.05, 0.1) is 6.20 Å². The largest absolute Gasteiger partial charge is 0.354 e. The van der Waals surface area contributed by atoms with Crippen LogP contribution in [0.2, 0.25) is 0 Å². The Labute approximate surface area is 164 Å². The maximum absolute atomic E-state index is 12.5. The predicted octanol–water partition coefficient (Wildman–Crippen LogP) is 1.32. The van der Waals surface area contributed by atoms with Crippen molar-refractivity contribution in [1.29, 1.82) is 0 Å². The topological polar surface area (TPSA) is 95.4 Å². The molecule has 0 unspecified atom stereocenters. The third-order valence-electron chi connectivity index (χ3n) is 4.78. The maximum atomic E-state index is 12.5. The molecule has 0 spiro atoms. The number of rotatable bonds is 6. The van der Waals surface area contributed by atoms with Gasteiger partial charge in [0.2, 0.25) is 5.91 Å². The zero-order valence-corrected chi connectivity index (χ0v) is 16.1. The first-order valence-electron chi connectivity index (χ1n) is 9.15. The van der Waals surface area contributed by atoms with E-state index in [9.17, 15) is 9.59 Å². The van der Waals surface area contributed by atoms with Crippen LogP contribution in [0.15, 0.2) is 43.1 Å². The minimum Gasteiger partial charge on any atom is -0.354 e. The van der Waals surface area contributed by atoms with Crippen molar-refractivity contribution < 1.29 is 9.59 Å². The van der Waals surface area contributed by atoms with Crippen LogP contribution in [0.4, 0.5) is 11.5 Å². The average molecular weight is 383 g/mol. The van der Waals surface area contributed by atoms with Crippen molar-refractivity contribution in [3.63, 3.8) is 0 Å². The molecule has 2 aromatic rings. The molecule has 3 rings (SSSR count). The summed E-state index contributed by atoms with van der Waals surface area (Å²) in [6.07, 6.45) is 4.95. The number of benzene rings is 1. The highest BCUT2D eigenvalue weighted by atomic mass is 16.2. The van der Waals surface area contributed by atoms with Gasteiger partial charge < -0.3 is 15.1 Å². The average Bonchev–Trinajstić information content (AvgIpc) is 3.16. The zero-order valence-electron chi connectivity index (χ0n) is 16.1. The SMILES string of the molecule is C=CC(=O)Nc1cccc(C(=O)Nn2ncc(N3CCC(N(C)C)CC3)n2)c1. The molecule has 0 bridgehead atoms. The highest BCUT2D eigenvalue weighted by molar-refractivity contribution is 6.02. The number of hydrogen-bond donors (Lipinski definition) is 2. The van der Waals surface area contributed by atoms with Gasteiger partial charge in [0.25, 0.3) is 5.91 Å². The molecule has 9 nitrogen and oxygen atoms in total. The summed E-state index contributed by atoms with van der Waals surface area (Å²) in [5.41, 5.74) is 3.52. The Morgan fingerprint density at radius 1 is 1.29 bits per heavy atom. The summed E-state index contributed by atoms with van der Waals surface area (Å²) in [5.74, 6) is 0.0293. The number of piperidine rings is 1. The van der Waals surface area contributed by atoms with Crippen LogP contribution in [0.25, 0.3) is 0 Å². The maximum Gasteiger partial charge on any atom is 0.272 e. The molecule has 0 radical (unpaired) electrons. The Hall–Kier alpha value is -3.20. The molecule has 2 N–H and O–H groups in total. The number of anilines is 2. The molecule has 1 fully saturated rings. The summed E-state index contributed by atoms with van der Waals surface area (Å²) >= 11 is 0. The van der Waals surface area contributed by atoms with E-state index in [1.807, 2.05) is 0 Å². The van der Waals surface area contributed by atoms with E-state index in [1.54, 1.807) is 30.5 Å². The van der Waals surface area contributed by atoms with Gasteiger partial charge in [-0.1, -0.05) is 17.6 Å². The Balaban J connectivity index is 1.61. The molecule has 0 atom stereocenters. The number of carbonyl (C=O) groups is 2. The van der Waals surface area contributed by atoms with Gasteiger partial charge in [-0.2, -0.15) is 0 Å². The normalized spacial score (nSPS) is 14.8. The number of hydrogen-bond acceptors (Lipinski definition) is 6. The molecule has 1 aromatic heterocycles. The molecule has 2 heterocycles. The van der Waals surface area contributed by atoms with Crippen molar-refractivity contribution >= 4 is 23.3 Å². The highest BCUT2D eigenvalue weighted by Crippen LogP contribution is 2.19. The lowest BCUT2D eigenvalue weighted by Crippen LogP contribution is -2.42. The summed E-state index contributed by atoms with van der Waals surface area (Å²) in [7, 11) is 4.20. The molecule has 1 aliphatic heterocycles. The molecule has 1 aliphatic rings. The van der Waals surface area contributed by atoms with Crippen molar-refractivity contribution in [2.24, 2.45) is 0 Å². The lowest BCUT2D eigenvalue weighted by atomic mass is 10.0. The Bertz CT molecular complexity index is 853. The molecular formula is C19H25N7O2. The minimum atomic E-state index is -0.372. The van der Waals surface area contributed by atoms with Crippen LogP contribution in [0.1, 0.15) is 23.2 Å². The van der Waals surface area contributed by atoms with Crippen LogP contribution < -0.4 is 15.6 Å². The first-order valence-corrected chi connectivity index (χ1v) is 9.15. The van der Waals surface area contributed by atoms with Gasteiger partial charge >= 0.3 is 0 Å². The van der Waals surface area contributed by atoms with Gasteiger partial charge in [-0.15, -0.1) is 10.2 Å². The lowest BCUT2D eigenvalue weighted by molar-refractivity contribution is -0.111. The van der Waals surface area contributed by atoms with Crippen LogP contribution in [0, 0.1) is 0 Å². The fourth-order valence-corrected chi connectivity index (χ4v) is 3.15. The highest BCUT2D eigenvalue weighted by Gasteiger charge is 2.22. The van der Waals surface area contributed by atoms with Crippen molar-refractivity contribution in [2.75, 3.05) is 42.8 Å². The number of nitrogens with one attached hydrogen (secondary N) is 2. The Morgan fingerprint density at radius 2 is 2.04 bits per heavy atom. The first-order chi connectivity index (χ1) is 13.5. The van der Waals surface area contributed by atoms with Crippen molar-refractivity contribution in [1.82, 2.24) is 20.0 Å². The second-order valence-electron chi connectivity index (χ2n) is 6.89. The summed E-state index contributed by atoms with van der Waals surface area (Å²) in [4.78, 5) is 29.5. The zero-order chi connectivity index (χ0) is 20.1. The monoisotopic (exact) mass is 383 g/mol. The van der Waals surface area contributed by atoms with E-state index in [2.05, 4.69) is 51.4 Å². The molecule has 9 heteroatoms. The number of aromatic nitrogens is 3. The van der Waals surface area contributed by atoms with E-state index in [4.69, 9.17) is 0 Å². The summed E-state index contributed by atoms with van der Waals surface area (Å²) in [5, 5.41) is 11.1. The smallest absolute Gasteiger partial charge is 0.272 e. The molecule has 1 saturated heterocycles. The van der Waals surface area contributed by atoms with Gasteiger partial charge in [-0.05, 0) is 51.2 Å². The number of carbonyl (C=O) groups excluding carboxylic acids is 2. The lowest BCUT2D eigenvalue weighted by Gasteiger charge is -2.34. The molecule has 28 heavy (non-hydrogen) atoms. The van der Waals surface area contributed by atoms with Crippen LogP contribution in [-0.4, -0.2) is 65.0 Å². The van der Waals surface area contributed by atoms with E-state index < -0.39 is 0 Å². The molecular weight excluding hydrogens is 358 g/mol. The predicted molar refractivity (Wildman–Crippen MR) is 108 cm³/mol. The van der Waals surface area contributed by atoms with Crippen LogP contribution in [-0.2, 0) is 4.79 Å². The fraction of sp³-hybridized carbons (Fsp3) is 0.368. The summed E-state index contributed by atoms with van der Waals surface area (Å²) in [6.45, 7) is 5.21. The van der Waals surface area contributed by atoms with E-state index in [-0.39, 0.29) is 11.8 Å². The van der Waals surface area contributed by atoms with Crippen molar-refractivity contribution in [3.05, 3.63) is 48.7 Å². The molecule has 2 amide bonds. The Morgan fingerprint density at radius 3 is 2.71 bits per heavy atom.